The van der Waals surface area contributed by atoms with Crippen LogP contribution in [0.1, 0.15) is 27.7 Å². The lowest BCUT2D eigenvalue weighted by Gasteiger charge is -2.34. The van der Waals surface area contributed by atoms with Crippen molar-refractivity contribution in [2.24, 2.45) is 5.92 Å². The van der Waals surface area contributed by atoms with Crippen LogP contribution in [0.25, 0.3) is 0 Å². The van der Waals surface area contributed by atoms with Crippen molar-refractivity contribution in [2.75, 3.05) is 32.1 Å². The number of rotatable bonds is 8. The quantitative estimate of drug-likeness (QED) is 0.691. The zero-order valence-corrected chi connectivity index (χ0v) is 12.0. The van der Waals surface area contributed by atoms with Gasteiger partial charge in [0.25, 0.3) is 0 Å². The average molecular weight is 232 g/mol. The normalized spacial score (nSPS) is 17.8. The van der Waals surface area contributed by atoms with Gasteiger partial charge in [0, 0.05) is 17.8 Å². The maximum atomic E-state index is 3.42. The van der Waals surface area contributed by atoms with Crippen LogP contribution in [-0.4, -0.2) is 49.1 Å². The predicted molar refractivity (Wildman–Crippen MR) is 72.8 cm³/mol. The van der Waals surface area contributed by atoms with E-state index in [4.69, 9.17) is 0 Å². The zero-order valence-electron chi connectivity index (χ0n) is 11.2. The monoisotopic (exact) mass is 232 g/mol. The van der Waals surface area contributed by atoms with Gasteiger partial charge in [-0.3, -0.25) is 4.90 Å². The first-order chi connectivity index (χ1) is 7.04. The van der Waals surface area contributed by atoms with Gasteiger partial charge in [0.05, 0.1) is 0 Å². The van der Waals surface area contributed by atoms with Gasteiger partial charge in [-0.2, -0.15) is 11.8 Å². The molecular weight excluding hydrogens is 204 g/mol. The molecule has 0 rings (SSSR count). The number of thioether (sulfide) groups is 1. The SMILES string of the molecule is CCNCC(C)C(C)N(C)C(C)CSC. The second-order valence-corrected chi connectivity index (χ2v) is 5.41. The van der Waals surface area contributed by atoms with Crippen molar-refractivity contribution in [1.29, 1.82) is 0 Å². The van der Waals surface area contributed by atoms with E-state index in [1.165, 1.54) is 5.75 Å². The highest BCUT2D eigenvalue weighted by atomic mass is 32.2. The molecular formula is C12H28N2S. The summed E-state index contributed by atoms with van der Waals surface area (Å²) < 4.78 is 0. The predicted octanol–water partition coefficient (Wildman–Crippen LogP) is 2.30. The topological polar surface area (TPSA) is 15.3 Å². The van der Waals surface area contributed by atoms with Crippen molar-refractivity contribution in [3.05, 3.63) is 0 Å². The van der Waals surface area contributed by atoms with Gasteiger partial charge in [0.1, 0.15) is 0 Å². The Morgan fingerprint density at radius 2 is 1.87 bits per heavy atom. The molecule has 0 aliphatic carbocycles. The first kappa shape index (κ1) is 15.3. The standard InChI is InChI=1S/C12H28N2S/c1-7-13-8-10(2)12(4)14(5)11(3)9-15-6/h10-13H,7-9H2,1-6H3. The lowest BCUT2D eigenvalue weighted by molar-refractivity contribution is 0.161. The average Bonchev–Trinajstić information content (AvgIpc) is 2.24. The summed E-state index contributed by atoms with van der Waals surface area (Å²) in [6.45, 7) is 11.3. The van der Waals surface area contributed by atoms with Crippen molar-refractivity contribution >= 4 is 11.8 Å². The summed E-state index contributed by atoms with van der Waals surface area (Å²) in [5.41, 5.74) is 0. The molecule has 0 aromatic carbocycles. The van der Waals surface area contributed by atoms with Gasteiger partial charge in [0.2, 0.25) is 0 Å². The lowest BCUT2D eigenvalue weighted by Crippen LogP contribution is -2.44. The Bertz CT molecular complexity index is 153. The highest BCUT2D eigenvalue weighted by molar-refractivity contribution is 7.98. The van der Waals surface area contributed by atoms with Gasteiger partial charge in [-0.15, -0.1) is 0 Å². The smallest absolute Gasteiger partial charge is 0.0157 e. The summed E-state index contributed by atoms with van der Waals surface area (Å²) in [5.74, 6) is 1.92. The van der Waals surface area contributed by atoms with E-state index in [-0.39, 0.29) is 0 Å². The molecule has 0 bridgehead atoms. The summed E-state index contributed by atoms with van der Waals surface area (Å²) in [6.07, 6.45) is 2.18. The van der Waals surface area contributed by atoms with Crippen LogP contribution >= 0.6 is 11.8 Å². The fraction of sp³-hybridized carbons (Fsp3) is 1.00. The molecule has 0 saturated carbocycles. The Morgan fingerprint density at radius 3 is 2.33 bits per heavy atom. The van der Waals surface area contributed by atoms with Crippen LogP contribution < -0.4 is 5.32 Å². The second-order valence-electron chi connectivity index (χ2n) is 4.50. The highest BCUT2D eigenvalue weighted by Gasteiger charge is 2.20. The van der Waals surface area contributed by atoms with E-state index in [1.807, 2.05) is 11.8 Å². The van der Waals surface area contributed by atoms with Gasteiger partial charge in [-0.05, 0) is 46.2 Å². The Balaban J connectivity index is 3.99. The van der Waals surface area contributed by atoms with Crippen LogP contribution in [0, 0.1) is 5.92 Å². The molecule has 0 radical (unpaired) electrons. The summed E-state index contributed by atoms with van der Waals surface area (Å²) in [5, 5.41) is 3.42. The molecule has 0 aliphatic heterocycles. The summed E-state index contributed by atoms with van der Waals surface area (Å²) in [4.78, 5) is 2.50. The van der Waals surface area contributed by atoms with Gasteiger partial charge < -0.3 is 5.32 Å². The molecule has 92 valence electrons. The summed E-state index contributed by atoms with van der Waals surface area (Å²) in [7, 11) is 2.24. The molecule has 0 aromatic rings. The molecule has 3 unspecified atom stereocenters. The zero-order chi connectivity index (χ0) is 11.8. The molecule has 0 amide bonds. The van der Waals surface area contributed by atoms with Crippen molar-refractivity contribution in [1.82, 2.24) is 10.2 Å². The fourth-order valence-electron chi connectivity index (χ4n) is 1.70. The minimum atomic E-state index is 0.645. The molecule has 0 spiro atoms. The minimum absolute atomic E-state index is 0.645. The number of nitrogens with zero attached hydrogens (tertiary/aromatic N) is 1. The molecule has 0 aromatic heterocycles. The van der Waals surface area contributed by atoms with Crippen molar-refractivity contribution in [3.63, 3.8) is 0 Å². The van der Waals surface area contributed by atoms with E-state index in [2.05, 4.69) is 51.2 Å². The van der Waals surface area contributed by atoms with Crippen LogP contribution in [0.5, 0.6) is 0 Å². The van der Waals surface area contributed by atoms with E-state index in [0.717, 1.165) is 13.1 Å². The lowest BCUT2D eigenvalue weighted by atomic mass is 10.0. The molecule has 15 heavy (non-hydrogen) atoms. The van der Waals surface area contributed by atoms with E-state index in [1.54, 1.807) is 0 Å². The molecule has 0 heterocycles. The number of hydrogen-bond donors (Lipinski definition) is 1. The summed E-state index contributed by atoms with van der Waals surface area (Å²) >= 11 is 1.93. The van der Waals surface area contributed by atoms with Crippen LogP contribution in [0.2, 0.25) is 0 Å². The Labute approximate surface area is 100 Å². The van der Waals surface area contributed by atoms with Crippen LogP contribution in [0.3, 0.4) is 0 Å². The maximum Gasteiger partial charge on any atom is 0.0157 e. The maximum absolute atomic E-state index is 3.42. The van der Waals surface area contributed by atoms with Crippen LogP contribution in [-0.2, 0) is 0 Å². The van der Waals surface area contributed by atoms with Crippen molar-refractivity contribution < 1.29 is 0 Å². The van der Waals surface area contributed by atoms with Crippen molar-refractivity contribution in [2.45, 2.75) is 39.8 Å². The minimum Gasteiger partial charge on any atom is -0.317 e. The molecule has 0 aliphatic rings. The van der Waals surface area contributed by atoms with E-state index >= 15 is 0 Å². The van der Waals surface area contributed by atoms with Gasteiger partial charge >= 0.3 is 0 Å². The van der Waals surface area contributed by atoms with Crippen molar-refractivity contribution in [3.8, 4) is 0 Å². The van der Waals surface area contributed by atoms with Crippen LogP contribution in [0.15, 0.2) is 0 Å². The third kappa shape index (κ3) is 5.79. The van der Waals surface area contributed by atoms with Gasteiger partial charge in [-0.1, -0.05) is 13.8 Å². The van der Waals surface area contributed by atoms with Gasteiger partial charge in [0.15, 0.2) is 0 Å². The second kappa shape index (κ2) is 8.43. The molecule has 0 fully saturated rings. The number of hydrogen-bond acceptors (Lipinski definition) is 3. The first-order valence-electron chi connectivity index (χ1n) is 5.96. The van der Waals surface area contributed by atoms with Crippen LogP contribution in [0.4, 0.5) is 0 Å². The largest absolute Gasteiger partial charge is 0.317 e. The molecule has 2 nitrogen and oxygen atoms in total. The Hall–Kier alpha value is 0.270. The summed E-state index contributed by atoms with van der Waals surface area (Å²) in [6, 6.07) is 1.31. The van der Waals surface area contributed by atoms with E-state index < -0.39 is 0 Å². The Kier molecular flexibility index (Phi) is 8.58. The third-order valence-electron chi connectivity index (χ3n) is 3.29. The van der Waals surface area contributed by atoms with Gasteiger partial charge in [-0.25, -0.2) is 0 Å². The Morgan fingerprint density at radius 1 is 1.27 bits per heavy atom. The first-order valence-corrected chi connectivity index (χ1v) is 7.35. The number of nitrogens with one attached hydrogen (secondary N) is 1. The fourth-order valence-corrected chi connectivity index (χ4v) is 2.42. The molecule has 3 atom stereocenters. The highest BCUT2D eigenvalue weighted by Crippen LogP contribution is 2.13. The molecule has 1 N–H and O–H groups in total. The van der Waals surface area contributed by atoms with E-state index in [9.17, 15) is 0 Å². The molecule has 3 heteroatoms. The molecule has 0 saturated heterocycles. The third-order valence-corrected chi connectivity index (χ3v) is 4.10. The van der Waals surface area contributed by atoms with E-state index in [0.29, 0.717) is 18.0 Å².